The van der Waals surface area contributed by atoms with Crippen LogP contribution in [0.15, 0.2) is 36.4 Å². The maximum absolute atomic E-state index is 13.5. The highest BCUT2D eigenvalue weighted by Crippen LogP contribution is 2.32. The van der Waals surface area contributed by atoms with Crippen LogP contribution in [0.4, 0.5) is 15.8 Å². The van der Waals surface area contributed by atoms with Crippen molar-refractivity contribution in [1.29, 1.82) is 0 Å². The second-order valence-electron chi connectivity index (χ2n) is 4.70. The van der Waals surface area contributed by atoms with E-state index in [1.165, 1.54) is 18.2 Å². The van der Waals surface area contributed by atoms with E-state index in [4.69, 9.17) is 17.3 Å². The Morgan fingerprint density at radius 2 is 2.10 bits per heavy atom. The molecular formula is C15H12ClFN2O. The van der Waals surface area contributed by atoms with Crippen molar-refractivity contribution in [1.82, 2.24) is 0 Å². The molecule has 2 aromatic rings. The molecule has 0 aliphatic carbocycles. The van der Waals surface area contributed by atoms with Crippen molar-refractivity contribution >= 4 is 28.9 Å². The van der Waals surface area contributed by atoms with Gasteiger partial charge in [0.1, 0.15) is 5.82 Å². The van der Waals surface area contributed by atoms with Gasteiger partial charge in [0.2, 0.25) is 0 Å². The number of halogens is 2. The van der Waals surface area contributed by atoms with E-state index in [1.807, 2.05) is 12.1 Å². The van der Waals surface area contributed by atoms with Crippen molar-refractivity contribution in [2.45, 2.75) is 6.42 Å². The van der Waals surface area contributed by atoms with Crippen molar-refractivity contribution in [3.05, 3.63) is 58.4 Å². The summed E-state index contributed by atoms with van der Waals surface area (Å²) in [4.78, 5) is 14.1. The first-order valence-corrected chi connectivity index (χ1v) is 6.60. The van der Waals surface area contributed by atoms with Crippen LogP contribution in [0.5, 0.6) is 0 Å². The Morgan fingerprint density at radius 3 is 2.90 bits per heavy atom. The summed E-state index contributed by atoms with van der Waals surface area (Å²) >= 11 is 5.88. The van der Waals surface area contributed by atoms with Crippen molar-refractivity contribution < 1.29 is 9.18 Å². The zero-order chi connectivity index (χ0) is 14.3. The van der Waals surface area contributed by atoms with Gasteiger partial charge in [-0.2, -0.15) is 0 Å². The Hall–Kier alpha value is -2.07. The van der Waals surface area contributed by atoms with Gasteiger partial charge in [-0.25, -0.2) is 4.39 Å². The summed E-state index contributed by atoms with van der Waals surface area (Å²) < 4.78 is 13.5. The summed E-state index contributed by atoms with van der Waals surface area (Å²) in [7, 11) is 0. The molecule has 5 heteroatoms. The zero-order valence-electron chi connectivity index (χ0n) is 10.6. The Balaban J connectivity index is 2.00. The largest absolute Gasteiger partial charge is 0.399 e. The van der Waals surface area contributed by atoms with Crippen LogP contribution in [0.1, 0.15) is 15.9 Å². The Morgan fingerprint density at radius 1 is 1.30 bits per heavy atom. The monoisotopic (exact) mass is 290 g/mol. The van der Waals surface area contributed by atoms with Gasteiger partial charge >= 0.3 is 0 Å². The first kappa shape index (κ1) is 12.9. The van der Waals surface area contributed by atoms with E-state index in [0.717, 1.165) is 17.7 Å². The molecule has 102 valence electrons. The molecule has 1 aliphatic rings. The number of nitrogens with zero attached hydrogens (tertiary/aromatic N) is 1. The minimum atomic E-state index is -0.589. The molecule has 0 radical (unpaired) electrons. The average molecular weight is 291 g/mol. The third kappa shape index (κ3) is 2.02. The molecule has 0 unspecified atom stereocenters. The highest BCUT2D eigenvalue weighted by molar-refractivity contribution is 6.34. The fourth-order valence-corrected chi connectivity index (χ4v) is 2.65. The third-order valence-corrected chi connectivity index (χ3v) is 3.81. The number of amides is 1. The highest BCUT2D eigenvalue weighted by atomic mass is 35.5. The summed E-state index contributed by atoms with van der Waals surface area (Å²) in [6.45, 7) is 0.546. The molecule has 0 bridgehead atoms. The van der Waals surface area contributed by atoms with E-state index in [1.54, 1.807) is 11.0 Å². The molecule has 1 aliphatic heterocycles. The minimum Gasteiger partial charge on any atom is -0.399 e. The van der Waals surface area contributed by atoms with Crippen LogP contribution < -0.4 is 10.6 Å². The number of carbonyl (C=O) groups excluding carboxylic acids is 1. The van der Waals surface area contributed by atoms with Gasteiger partial charge in [0.15, 0.2) is 0 Å². The number of rotatable bonds is 1. The molecule has 3 nitrogen and oxygen atoms in total. The topological polar surface area (TPSA) is 46.3 Å². The zero-order valence-corrected chi connectivity index (χ0v) is 11.3. The summed E-state index contributed by atoms with van der Waals surface area (Å²) in [6, 6.07) is 9.66. The molecule has 0 aromatic heterocycles. The third-order valence-electron chi connectivity index (χ3n) is 3.43. The quantitative estimate of drug-likeness (QED) is 0.819. The summed E-state index contributed by atoms with van der Waals surface area (Å²) in [5.74, 6) is -0.882. The Bertz CT molecular complexity index is 702. The van der Waals surface area contributed by atoms with Gasteiger partial charge in [0.05, 0.1) is 10.6 Å². The molecule has 2 N–H and O–H groups in total. The lowest BCUT2D eigenvalue weighted by atomic mass is 10.1. The van der Waals surface area contributed by atoms with Crippen LogP contribution >= 0.6 is 11.6 Å². The average Bonchev–Trinajstić information content (AvgIpc) is 2.84. The molecule has 0 saturated heterocycles. The number of fused-ring (bicyclic) bond motifs is 1. The lowest BCUT2D eigenvalue weighted by Gasteiger charge is -2.18. The normalized spacial score (nSPS) is 13.4. The van der Waals surface area contributed by atoms with Crippen LogP contribution in [-0.4, -0.2) is 12.5 Å². The number of anilines is 2. The fraction of sp³-hybridized carbons (Fsp3) is 0.133. The second-order valence-corrected chi connectivity index (χ2v) is 5.07. The van der Waals surface area contributed by atoms with Gasteiger partial charge in [-0.3, -0.25) is 4.79 Å². The summed E-state index contributed by atoms with van der Waals surface area (Å²) in [6.07, 6.45) is 0.735. The molecule has 0 saturated carbocycles. The second kappa shape index (κ2) is 4.80. The molecule has 0 atom stereocenters. The number of nitrogen functional groups attached to an aromatic ring is 1. The predicted molar refractivity (Wildman–Crippen MR) is 77.6 cm³/mol. The Labute approximate surface area is 120 Å². The van der Waals surface area contributed by atoms with E-state index in [0.29, 0.717) is 12.2 Å². The SMILES string of the molecule is Nc1ccc2c(c1)CCN2C(=O)c1cccc(F)c1Cl. The van der Waals surface area contributed by atoms with E-state index in [9.17, 15) is 9.18 Å². The van der Waals surface area contributed by atoms with Crippen LogP contribution in [0.2, 0.25) is 5.02 Å². The van der Waals surface area contributed by atoms with Crippen molar-refractivity contribution in [2.75, 3.05) is 17.2 Å². The number of benzene rings is 2. The van der Waals surface area contributed by atoms with Crippen molar-refractivity contribution in [3.8, 4) is 0 Å². The van der Waals surface area contributed by atoms with Gasteiger partial charge < -0.3 is 10.6 Å². The van der Waals surface area contributed by atoms with Gasteiger partial charge in [0.25, 0.3) is 5.91 Å². The summed E-state index contributed by atoms with van der Waals surface area (Å²) in [5, 5.41) is -0.138. The molecule has 3 rings (SSSR count). The van der Waals surface area contributed by atoms with E-state index in [2.05, 4.69) is 0 Å². The van der Waals surface area contributed by atoms with Gasteiger partial charge in [-0.15, -0.1) is 0 Å². The maximum Gasteiger partial charge on any atom is 0.259 e. The molecule has 1 amide bonds. The van der Waals surface area contributed by atoms with Gasteiger partial charge in [0, 0.05) is 17.9 Å². The molecule has 1 heterocycles. The van der Waals surface area contributed by atoms with Crippen LogP contribution in [0, 0.1) is 5.82 Å². The highest BCUT2D eigenvalue weighted by Gasteiger charge is 2.27. The predicted octanol–water partition coefficient (Wildman–Crippen LogP) is 3.26. The lowest BCUT2D eigenvalue weighted by molar-refractivity contribution is 0.0989. The number of nitrogens with two attached hydrogens (primary N) is 1. The van der Waals surface area contributed by atoms with E-state index < -0.39 is 5.82 Å². The molecular weight excluding hydrogens is 279 g/mol. The molecule has 0 spiro atoms. The van der Waals surface area contributed by atoms with E-state index in [-0.39, 0.29) is 16.5 Å². The minimum absolute atomic E-state index is 0.138. The lowest BCUT2D eigenvalue weighted by Crippen LogP contribution is -2.29. The fourth-order valence-electron chi connectivity index (χ4n) is 2.45. The number of hydrogen-bond acceptors (Lipinski definition) is 2. The maximum atomic E-state index is 13.5. The van der Waals surface area contributed by atoms with Gasteiger partial charge in [-0.1, -0.05) is 17.7 Å². The standard InChI is InChI=1S/C15H12ClFN2O/c16-14-11(2-1-3-12(14)17)15(20)19-7-6-9-8-10(18)4-5-13(9)19/h1-5,8H,6-7,18H2. The molecule has 2 aromatic carbocycles. The van der Waals surface area contributed by atoms with Crippen LogP contribution in [-0.2, 0) is 6.42 Å². The number of carbonyl (C=O) groups is 1. The smallest absolute Gasteiger partial charge is 0.259 e. The first-order valence-electron chi connectivity index (χ1n) is 6.22. The van der Waals surface area contributed by atoms with Crippen molar-refractivity contribution in [3.63, 3.8) is 0 Å². The molecule has 0 fully saturated rings. The number of hydrogen-bond donors (Lipinski definition) is 1. The first-order chi connectivity index (χ1) is 9.58. The molecule has 20 heavy (non-hydrogen) atoms. The van der Waals surface area contributed by atoms with Gasteiger partial charge in [-0.05, 0) is 42.3 Å². The Kier molecular flexibility index (Phi) is 3.10. The van der Waals surface area contributed by atoms with Crippen LogP contribution in [0.3, 0.4) is 0 Å². The van der Waals surface area contributed by atoms with Crippen LogP contribution in [0.25, 0.3) is 0 Å². The van der Waals surface area contributed by atoms with E-state index >= 15 is 0 Å². The summed E-state index contributed by atoms with van der Waals surface area (Å²) in [5.41, 5.74) is 8.41. The van der Waals surface area contributed by atoms with Crippen molar-refractivity contribution in [2.24, 2.45) is 0 Å².